The minimum atomic E-state index is -0.271. The molecule has 1 heterocycles. The van der Waals surface area contributed by atoms with Crippen LogP contribution in [-0.4, -0.2) is 30.1 Å². The molecule has 1 fully saturated rings. The van der Waals surface area contributed by atoms with Gasteiger partial charge in [-0.05, 0) is 54.0 Å². The summed E-state index contributed by atoms with van der Waals surface area (Å²) >= 11 is 0. The van der Waals surface area contributed by atoms with Crippen LogP contribution >= 0.6 is 0 Å². The zero-order valence-corrected chi connectivity index (χ0v) is 14.7. The maximum Gasteiger partial charge on any atom is 0.318 e. The van der Waals surface area contributed by atoms with Gasteiger partial charge in [-0.15, -0.1) is 0 Å². The smallest absolute Gasteiger partial charge is 0.318 e. The molecular formula is C21H24FN3O. The Bertz CT molecular complexity index is 792. The standard InChI is InChI=1S/C21H24FN3O/c22-17-8-5-15(6-9-17)20-18-4-2-1-3-14(18)11-12-25(20)21(26)24-13-16-7-10-19(16)23/h1-6,8-9,16,19-20H,7,10-13,23H2,(H,24,26)/t16-,19-,20+/m1/s1. The fourth-order valence-electron chi connectivity index (χ4n) is 3.96. The van der Waals surface area contributed by atoms with E-state index in [-0.39, 0.29) is 23.9 Å². The molecule has 26 heavy (non-hydrogen) atoms. The quantitative estimate of drug-likeness (QED) is 0.890. The first-order chi connectivity index (χ1) is 12.6. The highest BCUT2D eigenvalue weighted by Gasteiger charge is 2.33. The predicted octanol–water partition coefficient (Wildman–Crippen LogP) is 3.22. The van der Waals surface area contributed by atoms with Crippen molar-refractivity contribution in [1.82, 2.24) is 10.2 Å². The van der Waals surface area contributed by atoms with Crippen LogP contribution in [0.2, 0.25) is 0 Å². The van der Waals surface area contributed by atoms with E-state index in [2.05, 4.69) is 17.4 Å². The van der Waals surface area contributed by atoms with Gasteiger partial charge in [0, 0.05) is 19.1 Å². The van der Waals surface area contributed by atoms with Crippen molar-refractivity contribution in [2.45, 2.75) is 31.3 Å². The summed E-state index contributed by atoms with van der Waals surface area (Å²) in [6, 6.07) is 14.5. The van der Waals surface area contributed by atoms with Gasteiger partial charge in [0.1, 0.15) is 5.82 Å². The van der Waals surface area contributed by atoms with Crippen LogP contribution in [0.1, 0.15) is 35.6 Å². The van der Waals surface area contributed by atoms with Gasteiger partial charge in [0.2, 0.25) is 0 Å². The Kier molecular flexibility index (Phi) is 4.64. The van der Waals surface area contributed by atoms with Crippen molar-refractivity contribution in [3.8, 4) is 0 Å². The number of urea groups is 1. The molecule has 0 saturated heterocycles. The van der Waals surface area contributed by atoms with Crippen LogP contribution in [-0.2, 0) is 6.42 Å². The molecule has 4 nitrogen and oxygen atoms in total. The third-order valence-electron chi connectivity index (χ3n) is 5.72. The number of rotatable bonds is 3. The average Bonchev–Trinajstić information content (AvgIpc) is 2.66. The van der Waals surface area contributed by atoms with Gasteiger partial charge in [0.25, 0.3) is 0 Å². The number of nitrogens with zero attached hydrogens (tertiary/aromatic N) is 1. The van der Waals surface area contributed by atoms with Gasteiger partial charge in [-0.25, -0.2) is 9.18 Å². The molecule has 1 aliphatic heterocycles. The number of amides is 2. The normalized spacial score (nSPS) is 24.5. The molecule has 3 atom stereocenters. The molecule has 3 N–H and O–H groups in total. The van der Waals surface area contributed by atoms with E-state index in [1.54, 1.807) is 12.1 Å². The Morgan fingerprint density at radius 1 is 1.15 bits per heavy atom. The third kappa shape index (κ3) is 3.19. The van der Waals surface area contributed by atoms with Crippen molar-refractivity contribution in [1.29, 1.82) is 0 Å². The fraction of sp³-hybridized carbons (Fsp3) is 0.381. The molecule has 0 radical (unpaired) electrons. The second-order valence-electron chi connectivity index (χ2n) is 7.28. The summed E-state index contributed by atoms with van der Waals surface area (Å²) in [6.07, 6.45) is 2.94. The number of halogens is 1. The van der Waals surface area contributed by atoms with Crippen molar-refractivity contribution < 1.29 is 9.18 Å². The fourth-order valence-corrected chi connectivity index (χ4v) is 3.96. The first kappa shape index (κ1) is 17.0. The van der Waals surface area contributed by atoms with Crippen LogP contribution in [0.15, 0.2) is 48.5 Å². The van der Waals surface area contributed by atoms with Crippen LogP contribution in [0.25, 0.3) is 0 Å². The molecule has 0 bridgehead atoms. The molecule has 5 heteroatoms. The number of carbonyl (C=O) groups is 1. The predicted molar refractivity (Wildman–Crippen MR) is 99.2 cm³/mol. The Morgan fingerprint density at radius 3 is 2.62 bits per heavy atom. The van der Waals surface area contributed by atoms with Crippen molar-refractivity contribution in [2.75, 3.05) is 13.1 Å². The molecular weight excluding hydrogens is 329 g/mol. The molecule has 1 saturated carbocycles. The average molecular weight is 353 g/mol. The minimum Gasteiger partial charge on any atom is -0.338 e. The van der Waals surface area contributed by atoms with E-state index in [1.807, 2.05) is 17.0 Å². The summed E-state index contributed by atoms with van der Waals surface area (Å²) in [7, 11) is 0. The number of fused-ring (bicyclic) bond motifs is 1. The number of nitrogens with one attached hydrogen (secondary N) is 1. The lowest BCUT2D eigenvalue weighted by molar-refractivity contribution is 0.171. The Morgan fingerprint density at radius 2 is 1.92 bits per heavy atom. The lowest BCUT2D eigenvalue weighted by atomic mass is 9.80. The van der Waals surface area contributed by atoms with E-state index < -0.39 is 0 Å². The topological polar surface area (TPSA) is 58.4 Å². The summed E-state index contributed by atoms with van der Waals surface area (Å²) in [5, 5.41) is 3.06. The molecule has 0 unspecified atom stereocenters. The monoisotopic (exact) mass is 353 g/mol. The molecule has 2 amide bonds. The highest BCUT2D eigenvalue weighted by Crippen LogP contribution is 2.35. The lowest BCUT2D eigenvalue weighted by Crippen LogP contribution is -2.51. The SMILES string of the molecule is N[C@@H]1CC[C@@H]1CNC(=O)N1CCc2ccccc2[C@@H]1c1ccc(F)cc1. The second kappa shape index (κ2) is 7.08. The van der Waals surface area contributed by atoms with Crippen LogP contribution in [0.3, 0.4) is 0 Å². The van der Waals surface area contributed by atoms with E-state index in [9.17, 15) is 9.18 Å². The van der Waals surface area contributed by atoms with Gasteiger partial charge in [-0.2, -0.15) is 0 Å². The van der Waals surface area contributed by atoms with E-state index in [4.69, 9.17) is 5.73 Å². The van der Waals surface area contributed by atoms with Crippen molar-refractivity contribution in [3.05, 3.63) is 71.0 Å². The van der Waals surface area contributed by atoms with E-state index in [0.29, 0.717) is 19.0 Å². The minimum absolute atomic E-state index is 0.0760. The van der Waals surface area contributed by atoms with Crippen LogP contribution < -0.4 is 11.1 Å². The molecule has 4 rings (SSSR count). The number of hydrogen-bond donors (Lipinski definition) is 2. The molecule has 2 aromatic rings. The molecule has 0 spiro atoms. The molecule has 1 aliphatic carbocycles. The van der Waals surface area contributed by atoms with Gasteiger partial charge < -0.3 is 16.0 Å². The number of benzene rings is 2. The van der Waals surface area contributed by atoms with Crippen LogP contribution in [0.4, 0.5) is 9.18 Å². The molecule has 136 valence electrons. The van der Waals surface area contributed by atoms with Crippen molar-refractivity contribution >= 4 is 6.03 Å². The Hall–Kier alpha value is -2.40. The van der Waals surface area contributed by atoms with Crippen molar-refractivity contribution in [2.24, 2.45) is 11.7 Å². The molecule has 0 aromatic heterocycles. The Labute approximate surface area is 153 Å². The van der Waals surface area contributed by atoms with Gasteiger partial charge >= 0.3 is 6.03 Å². The summed E-state index contributed by atoms with van der Waals surface area (Å²) in [6.45, 7) is 1.26. The Balaban J connectivity index is 1.60. The van der Waals surface area contributed by atoms with E-state index in [0.717, 1.165) is 30.4 Å². The highest BCUT2D eigenvalue weighted by atomic mass is 19.1. The van der Waals surface area contributed by atoms with Crippen LogP contribution in [0, 0.1) is 11.7 Å². The summed E-state index contributed by atoms with van der Waals surface area (Å²) in [4.78, 5) is 14.8. The first-order valence-electron chi connectivity index (χ1n) is 9.27. The zero-order valence-electron chi connectivity index (χ0n) is 14.7. The number of hydrogen-bond acceptors (Lipinski definition) is 2. The maximum absolute atomic E-state index is 13.4. The largest absolute Gasteiger partial charge is 0.338 e. The highest BCUT2D eigenvalue weighted by molar-refractivity contribution is 5.76. The number of carbonyl (C=O) groups excluding carboxylic acids is 1. The van der Waals surface area contributed by atoms with Crippen LogP contribution in [0.5, 0.6) is 0 Å². The summed E-state index contributed by atoms with van der Waals surface area (Å²) in [5.74, 6) is 0.105. The summed E-state index contributed by atoms with van der Waals surface area (Å²) in [5.41, 5.74) is 9.26. The van der Waals surface area contributed by atoms with Crippen molar-refractivity contribution in [3.63, 3.8) is 0 Å². The lowest BCUT2D eigenvalue weighted by Gasteiger charge is -2.39. The molecule has 2 aliphatic rings. The van der Waals surface area contributed by atoms with E-state index in [1.165, 1.54) is 17.7 Å². The third-order valence-corrected chi connectivity index (χ3v) is 5.72. The zero-order chi connectivity index (χ0) is 18.1. The summed E-state index contributed by atoms with van der Waals surface area (Å²) < 4.78 is 13.4. The maximum atomic E-state index is 13.4. The number of nitrogens with two attached hydrogens (primary N) is 1. The van der Waals surface area contributed by atoms with Gasteiger partial charge in [-0.1, -0.05) is 36.4 Å². The second-order valence-corrected chi connectivity index (χ2v) is 7.28. The van der Waals surface area contributed by atoms with Gasteiger partial charge in [0.05, 0.1) is 6.04 Å². The molecule has 2 aromatic carbocycles. The van der Waals surface area contributed by atoms with Gasteiger partial charge in [-0.3, -0.25) is 0 Å². The van der Waals surface area contributed by atoms with E-state index >= 15 is 0 Å². The van der Waals surface area contributed by atoms with Gasteiger partial charge in [0.15, 0.2) is 0 Å². The first-order valence-corrected chi connectivity index (χ1v) is 9.27.